The lowest BCUT2D eigenvalue weighted by molar-refractivity contribution is -0.113. The average Bonchev–Trinajstić information content (AvgIpc) is 3.08. The lowest BCUT2D eigenvalue weighted by atomic mass is 10.1. The zero-order valence-corrected chi connectivity index (χ0v) is 22.2. The lowest BCUT2D eigenvalue weighted by Crippen LogP contribution is -2.27. The largest absolute Gasteiger partial charge is 0.488 e. The monoisotopic (exact) mass is 601 g/mol. The summed E-state index contributed by atoms with van der Waals surface area (Å²) < 4.78 is 7.32. The lowest BCUT2D eigenvalue weighted by Gasteiger charge is -2.16. The Morgan fingerprint density at radius 2 is 1.82 bits per heavy atom. The number of thioether (sulfide) groups is 1. The predicted octanol–water partition coefficient (Wildman–Crippen LogP) is 6.59. The number of carbonyl (C=O) groups excluding carboxylic acids is 1. The third kappa shape index (κ3) is 5.34. The number of aromatic carboxylic acids is 1. The van der Waals surface area contributed by atoms with E-state index in [1.165, 1.54) is 17.3 Å². The summed E-state index contributed by atoms with van der Waals surface area (Å²) in [6.07, 6.45) is 1.84. The van der Waals surface area contributed by atoms with Crippen LogP contribution in [0.3, 0.4) is 0 Å². The molecule has 0 spiro atoms. The molecule has 1 heterocycles. The van der Waals surface area contributed by atoms with Crippen LogP contribution in [0, 0.1) is 17.4 Å². The van der Waals surface area contributed by atoms with Gasteiger partial charge in [0.2, 0.25) is 0 Å². The molecule has 34 heavy (non-hydrogen) atoms. The van der Waals surface area contributed by atoms with Gasteiger partial charge in [0.15, 0.2) is 4.32 Å². The van der Waals surface area contributed by atoms with E-state index >= 15 is 0 Å². The second-order valence-electron chi connectivity index (χ2n) is 7.77. The fourth-order valence-corrected chi connectivity index (χ4v) is 5.33. The molecule has 0 bridgehead atoms. The van der Waals surface area contributed by atoms with E-state index in [0.29, 0.717) is 21.6 Å². The number of benzene rings is 3. The minimum Gasteiger partial charge on any atom is -0.488 e. The Kier molecular flexibility index (Phi) is 7.39. The first kappa shape index (κ1) is 24.4. The van der Waals surface area contributed by atoms with E-state index in [4.69, 9.17) is 22.1 Å². The summed E-state index contributed by atoms with van der Waals surface area (Å²) in [4.78, 5) is 26.2. The maximum absolute atomic E-state index is 13.1. The molecule has 0 unspecified atom stereocenters. The Bertz CT molecular complexity index is 1340. The van der Waals surface area contributed by atoms with Gasteiger partial charge in [-0.15, -0.1) is 0 Å². The molecule has 0 aliphatic carbocycles. The zero-order valence-electron chi connectivity index (χ0n) is 18.4. The number of carboxylic acid groups (broad SMARTS) is 1. The van der Waals surface area contributed by atoms with E-state index in [0.717, 1.165) is 25.9 Å². The van der Waals surface area contributed by atoms with Crippen molar-refractivity contribution in [2.45, 2.75) is 20.5 Å². The van der Waals surface area contributed by atoms with Crippen LogP contribution in [0.1, 0.15) is 32.6 Å². The number of anilines is 1. The summed E-state index contributed by atoms with van der Waals surface area (Å²) in [6, 6.07) is 18.2. The number of ether oxygens (including phenoxy) is 1. The van der Waals surface area contributed by atoms with Gasteiger partial charge in [0.25, 0.3) is 5.91 Å². The van der Waals surface area contributed by atoms with Gasteiger partial charge in [-0.1, -0.05) is 48.2 Å². The molecule has 1 N–H and O–H groups in total. The first-order chi connectivity index (χ1) is 16.2. The number of hydrogen-bond donors (Lipinski definition) is 1. The normalized spacial score (nSPS) is 14.7. The average molecular weight is 601 g/mol. The van der Waals surface area contributed by atoms with Gasteiger partial charge in [-0.25, -0.2) is 4.79 Å². The SMILES string of the molecule is Cc1ccc(N2C(=O)/C(=C\c3ccc(OCc4ccc(C(=O)O)cc4)c(I)c3)SC2=S)cc1C. The van der Waals surface area contributed by atoms with Crippen LogP contribution >= 0.6 is 46.6 Å². The van der Waals surface area contributed by atoms with E-state index in [9.17, 15) is 9.59 Å². The molecule has 172 valence electrons. The molecule has 1 saturated heterocycles. The van der Waals surface area contributed by atoms with Crippen LogP contribution in [-0.2, 0) is 11.4 Å². The minimum atomic E-state index is -0.955. The number of halogens is 1. The Morgan fingerprint density at radius 1 is 1.09 bits per heavy atom. The number of amides is 1. The predicted molar refractivity (Wildman–Crippen MR) is 148 cm³/mol. The molecule has 1 amide bonds. The van der Waals surface area contributed by atoms with Crippen molar-refractivity contribution in [2.75, 3.05) is 4.90 Å². The maximum Gasteiger partial charge on any atom is 0.335 e. The number of aryl methyl sites for hydroxylation is 2. The minimum absolute atomic E-state index is 0.126. The first-order valence-corrected chi connectivity index (χ1v) is 12.6. The Balaban J connectivity index is 1.47. The molecule has 3 aromatic rings. The van der Waals surface area contributed by atoms with E-state index in [1.807, 2.05) is 56.3 Å². The van der Waals surface area contributed by atoms with E-state index in [2.05, 4.69) is 22.6 Å². The Labute approximate surface area is 221 Å². The first-order valence-electron chi connectivity index (χ1n) is 10.3. The number of rotatable bonds is 6. The molecule has 0 radical (unpaired) electrons. The summed E-state index contributed by atoms with van der Waals surface area (Å²) in [6.45, 7) is 4.38. The molecule has 8 heteroatoms. The fraction of sp³-hybridized carbons (Fsp3) is 0.115. The highest BCUT2D eigenvalue weighted by atomic mass is 127. The van der Waals surface area contributed by atoms with Crippen molar-refractivity contribution in [1.29, 1.82) is 0 Å². The smallest absolute Gasteiger partial charge is 0.335 e. The van der Waals surface area contributed by atoms with Crippen LogP contribution in [0.4, 0.5) is 5.69 Å². The molecule has 1 fully saturated rings. The molecular formula is C26H20INO4S2. The van der Waals surface area contributed by atoms with E-state index < -0.39 is 5.97 Å². The Hall–Kier alpha value is -2.69. The van der Waals surface area contributed by atoms with Crippen LogP contribution in [0.2, 0.25) is 0 Å². The number of carboxylic acids is 1. The van der Waals surface area contributed by atoms with Crippen molar-refractivity contribution < 1.29 is 19.4 Å². The fourth-order valence-electron chi connectivity index (χ4n) is 3.33. The van der Waals surface area contributed by atoms with Crippen LogP contribution in [0.5, 0.6) is 5.75 Å². The highest BCUT2D eigenvalue weighted by molar-refractivity contribution is 14.1. The summed E-state index contributed by atoms with van der Waals surface area (Å²) in [5.41, 5.74) is 5.05. The van der Waals surface area contributed by atoms with Gasteiger partial charge in [0.05, 0.1) is 19.7 Å². The highest BCUT2D eigenvalue weighted by Gasteiger charge is 2.33. The molecule has 0 saturated carbocycles. The van der Waals surface area contributed by atoms with Crippen molar-refractivity contribution in [3.8, 4) is 5.75 Å². The molecule has 5 nitrogen and oxygen atoms in total. The Morgan fingerprint density at radius 3 is 2.47 bits per heavy atom. The van der Waals surface area contributed by atoms with Crippen molar-refractivity contribution in [1.82, 2.24) is 0 Å². The second kappa shape index (κ2) is 10.3. The van der Waals surface area contributed by atoms with Crippen LogP contribution in [-0.4, -0.2) is 21.3 Å². The van der Waals surface area contributed by atoms with Gasteiger partial charge >= 0.3 is 5.97 Å². The quantitative estimate of drug-likeness (QED) is 0.195. The molecule has 4 rings (SSSR count). The summed E-state index contributed by atoms with van der Waals surface area (Å²) >= 11 is 8.99. The number of carbonyl (C=O) groups is 2. The molecule has 0 atom stereocenters. The van der Waals surface area contributed by atoms with Gasteiger partial charge in [-0.05, 0) is 101 Å². The molecule has 0 aromatic heterocycles. The van der Waals surface area contributed by atoms with Crippen molar-refractivity contribution in [3.05, 3.63) is 97.0 Å². The zero-order chi connectivity index (χ0) is 24.4. The van der Waals surface area contributed by atoms with Crippen LogP contribution in [0.15, 0.2) is 65.6 Å². The van der Waals surface area contributed by atoms with Gasteiger partial charge in [-0.3, -0.25) is 9.69 Å². The van der Waals surface area contributed by atoms with Crippen LogP contribution in [0.25, 0.3) is 6.08 Å². The van der Waals surface area contributed by atoms with E-state index in [1.54, 1.807) is 29.2 Å². The molecule has 3 aromatic carbocycles. The van der Waals surface area contributed by atoms with E-state index in [-0.39, 0.29) is 11.5 Å². The third-order valence-corrected chi connectivity index (χ3v) is 7.54. The van der Waals surface area contributed by atoms with Crippen molar-refractivity contribution >= 4 is 74.5 Å². The van der Waals surface area contributed by atoms with Gasteiger partial charge in [-0.2, -0.15) is 0 Å². The maximum atomic E-state index is 13.1. The number of thiocarbonyl (C=S) groups is 1. The summed E-state index contributed by atoms with van der Waals surface area (Å²) in [7, 11) is 0. The molecule has 1 aliphatic rings. The summed E-state index contributed by atoms with van der Waals surface area (Å²) in [5.74, 6) is -0.371. The molecule has 1 aliphatic heterocycles. The van der Waals surface area contributed by atoms with Gasteiger partial charge in [0.1, 0.15) is 12.4 Å². The highest BCUT2D eigenvalue weighted by Crippen LogP contribution is 2.37. The number of nitrogens with zero attached hydrogens (tertiary/aromatic N) is 1. The van der Waals surface area contributed by atoms with Gasteiger partial charge < -0.3 is 9.84 Å². The summed E-state index contributed by atoms with van der Waals surface area (Å²) in [5, 5.41) is 9.00. The molecular weight excluding hydrogens is 581 g/mol. The van der Waals surface area contributed by atoms with Gasteiger partial charge in [0, 0.05) is 0 Å². The van der Waals surface area contributed by atoms with Crippen molar-refractivity contribution in [2.24, 2.45) is 0 Å². The topological polar surface area (TPSA) is 66.8 Å². The second-order valence-corrected chi connectivity index (χ2v) is 10.6. The standard InChI is InChI=1S/C26H20INO4S2/c1-15-3-9-20(11-16(15)2)28-24(29)23(34-26(28)33)13-18-6-10-22(21(27)12-18)32-14-17-4-7-19(8-5-17)25(30)31/h3-13H,14H2,1-2H3,(H,30,31)/b23-13+. The number of hydrogen-bond acceptors (Lipinski definition) is 5. The van der Waals surface area contributed by atoms with Crippen LogP contribution < -0.4 is 9.64 Å². The third-order valence-electron chi connectivity index (χ3n) is 5.39. The van der Waals surface area contributed by atoms with Crippen molar-refractivity contribution in [3.63, 3.8) is 0 Å².